The van der Waals surface area contributed by atoms with Crippen LogP contribution in [-0.4, -0.2) is 39.0 Å². The molecular formula is C25H29ClN4O4S2. The lowest BCUT2D eigenvalue weighted by Gasteiger charge is -2.17. The summed E-state index contributed by atoms with van der Waals surface area (Å²) in [5.41, 5.74) is 2.22. The van der Waals surface area contributed by atoms with Crippen LogP contribution in [0.4, 0.5) is 5.00 Å². The molecule has 1 N–H and O–H groups in total. The Kier molecular flexibility index (Phi) is 9.58. The van der Waals surface area contributed by atoms with Crippen LogP contribution in [0.15, 0.2) is 36.0 Å². The van der Waals surface area contributed by atoms with Crippen LogP contribution in [0.25, 0.3) is 0 Å². The van der Waals surface area contributed by atoms with E-state index in [4.69, 9.17) is 21.1 Å². The van der Waals surface area contributed by atoms with Crippen LogP contribution in [-0.2, 0) is 16.1 Å². The first-order valence-electron chi connectivity index (χ1n) is 11.3. The molecule has 0 bridgehead atoms. The second-order valence-electron chi connectivity index (χ2n) is 8.03. The van der Waals surface area contributed by atoms with Crippen molar-refractivity contribution in [2.24, 2.45) is 0 Å². The number of aromatic nitrogens is 3. The van der Waals surface area contributed by atoms with Gasteiger partial charge < -0.3 is 14.8 Å². The number of nitrogens with zero attached hydrogens (tertiary/aromatic N) is 3. The third-order valence-electron chi connectivity index (χ3n) is 5.08. The standard InChI is InChI=1S/C25H29ClN4O4S2/c1-7-9-30-22(17(6)34-18-10-14(3)21(26)15(4)11-18)28-29-25(30)35-13-20(31)27-23-19(12-16(5)36-23)24(32)33-8-2/h7,10-12,17H,1,8-9,13H2,2-6H3,(H,27,31). The van der Waals surface area contributed by atoms with Crippen LogP contribution in [0.2, 0.25) is 5.02 Å². The number of ether oxygens (including phenoxy) is 2. The highest BCUT2D eigenvalue weighted by Crippen LogP contribution is 2.31. The van der Waals surface area contributed by atoms with Gasteiger partial charge in [0.2, 0.25) is 5.91 Å². The highest BCUT2D eigenvalue weighted by atomic mass is 35.5. The van der Waals surface area contributed by atoms with E-state index in [1.807, 2.05) is 44.4 Å². The zero-order valence-electron chi connectivity index (χ0n) is 20.9. The lowest BCUT2D eigenvalue weighted by atomic mass is 10.1. The molecular weight excluding hydrogens is 520 g/mol. The third kappa shape index (κ3) is 6.68. The Morgan fingerprint density at radius 1 is 1.25 bits per heavy atom. The number of halogens is 1. The summed E-state index contributed by atoms with van der Waals surface area (Å²) in [6.07, 6.45) is 1.34. The van der Waals surface area contributed by atoms with Crippen molar-refractivity contribution in [1.29, 1.82) is 0 Å². The van der Waals surface area contributed by atoms with Crippen molar-refractivity contribution in [3.8, 4) is 5.75 Å². The zero-order valence-corrected chi connectivity index (χ0v) is 23.3. The number of rotatable bonds is 11. The van der Waals surface area contributed by atoms with E-state index >= 15 is 0 Å². The number of thioether (sulfide) groups is 1. The summed E-state index contributed by atoms with van der Waals surface area (Å²) < 4.78 is 13.1. The topological polar surface area (TPSA) is 95.3 Å². The van der Waals surface area contributed by atoms with Crippen LogP contribution < -0.4 is 10.1 Å². The molecule has 1 unspecified atom stereocenters. The van der Waals surface area contributed by atoms with Gasteiger partial charge in [-0.3, -0.25) is 9.36 Å². The SMILES string of the molecule is C=CCn1c(SCC(=O)Nc2sc(C)cc2C(=O)OCC)nnc1C(C)Oc1cc(C)c(Cl)c(C)c1. The maximum absolute atomic E-state index is 12.7. The van der Waals surface area contributed by atoms with Gasteiger partial charge in [0, 0.05) is 16.4 Å². The molecule has 0 fully saturated rings. The maximum Gasteiger partial charge on any atom is 0.341 e. The number of esters is 1. The number of anilines is 1. The van der Waals surface area contributed by atoms with Crippen LogP contribution in [0, 0.1) is 20.8 Å². The van der Waals surface area contributed by atoms with E-state index in [-0.39, 0.29) is 18.3 Å². The molecule has 0 saturated carbocycles. The molecule has 1 atom stereocenters. The van der Waals surface area contributed by atoms with Gasteiger partial charge in [0.15, 0.2) is 17.1 Å². The molecule has 2 heterocycles. The fourth-order valence-corrected chi connectivity index (χ4v) is 5.28. The Bertz CT molecular complexity index is 1250. The number of carbonyl (C=O) groups excluding carboxylic acids is 2. The summed E-state index contributed by atoms with van der Waals surface area (Å²) in [5.74, 6) is 0.659. The molecule has 192 valence electrons. The van der Waals surface area contributed by atoms with Gasteiger partial charge in [-0.1, -0.05) is 29.4 Å². The molecule has 0 aliphatic heterocycles. The quantitative estimate of drug-likeness (QED) is 0.174. The molecule has 0 aliphatic carbocycles. The van der Waals surface area contributed by atoms with E-state index in [0.29, 0.717) is 38.9 Å². The van der Waals surface area contributed by atoms with Crippen molar-refractivity contribution in [3.63, 3.8) is 0 Å². The van der Waals surface area contributed by atoms with Gasteiger partial charge in [0.05, 0.1) is 17.9 Å². The van der Waals surface area contributed by atoms with Crippen LogP contribution in [0.3, 0.4) is 0 Å². The Balaban J connectivity index is 1.70. The zero-order chi connectivity index (χ0) is 26.4. The Labute approximate surface area is 224 Å². The lowest BCUT2D eigenvalue weighted by molar-refractivity contribution is -0.113. The molecule has 3 rings (SSSR count). The Morgan fingerprint density at radius 3 is 2.58 bits per heavy atom. The smallest absolute Gasteiger partial charge is 0.341 e. The Morgan fingerprint density at radius 2 is 1.94 bits per heavy atom. The normalized spacial score (nSPS) is 11.7. The molecule has 0 aliphatic rings. The number of carbonyl (C=O) groups is 2. The fourth-order valence-electron chi connectivity index (χ4n) is 3.50. The molecule has 36 heavy (non-hydrogen) atoms. The summed E-state index contributed by atoms with van der Waals surface area (Å²) in [6.45, 7) is 13.9. The predicted molar refractivity (Wildman–Crippen MR) is 145 cm³/mol. The number of allylic oxidation sites excluding steroid dienone is 1. The highest BCUT2D eigenvalue weighted by molar-refractivity contribution is 7.99. The first kappa shape index (κ1) is 27.8. The van der Waals surface area contributed by atoms with E-state index < -0.39 is 12.1 Å². The summed E-state index contributed by atoms with van der Waals surface area (Å²) >= 11 is 8.84. The van der Waals surface area contributed by atoms with Crippen molar-refractivity contribution >= 4 is 51.6 Å². The summed E-state index contributed by atoms with van der Waals surface area (Å²) in [7, 11) is 0. The van der Waals surface area contributed by atoms with Crippen LogP contribution in [0.5, 0.6) is 5.75 Å². The van der Waals surface area contributed by atoms with Gasteiger partial charge in [-0.2, -0.15) is 0 Å². The van der Waals surface area contributed by atoms with Gasteiger partial charge in [-0.05, 0) is 63.9 Å². The summed E-state index contributed by atoms with van der Waals surface area (Å²) in [6, 6.07) is 5.48. The van der Waals surface area contributed by atoms with Crippen molar-refractivity contribution < 1.29 is 19.1 Å². The number of amides is 1. The van der Waals surface area contributed by atoms with Gasteiger partial charge in [0.25, 0.3) is 0 Å². The van der Waals surface area contributed by atoms with E-state index in [0.717, 1.165) is 16.0 Å². The van der Waals surface area contributed by atoms with E-state index in [2.05, 4.69) is 22.1 Å². The molecule has 1 aromatic carbocycles. The fraction of sp³-hybridized carbons (Fsp3) is 0.360. The second-order valence-corrected chi connectivity index (χ2v) is 10.6. The van der Waals surface area contributed by atoms with Gasteiger partial charge >= 0.3 is 5.97 Å². The molecule has 3 aromatic rings. The van der Waals surface area contributed by atoms with E-state index in [1.165, 1.54) is 23.1 Å². The lowest BCUT2D eigenvalue weighted by Crippen LogP contribution is -2.17. The molecule has 0 spiro atoms. The van der Waals surface area contributed by atoms with Gasteiger partial charge in [-0.15, -0.1) is 28.1 Å². The van der Waals surface area contributed by atoms with Crippen LogP contribution in [0.1, 0.15) is 52.1 Å². The van der Waals surface area contributed by atoms with Gasteiger partial charge in [0.1, 0.15) is 10.8 Å². The van der Waals surface area contributed by atoms with Gasteiger partial charge in [-0.25, -0.2) is 4.79 Å². The minimum atomic E-state index is -0.458. The average Bonchev–Trinajstić information content (AvgIpc) is 3.39. The van der Waals surface area contributed by atoms with Crippen molar-refractivity contribution in [1.82, 2.24) is 14.8 Å². The molecule has 1 amide bonds. The van der Waals surface area contributed by atoms with Crippen molar-refractivity contribution in [2.75, 3.05) is 17.7 Å². The maximum atomic E-state index is 12.7. The molecule has 2 aromatic heterocycles. The largest absolute Gasteiger partial charge is 0.483 e. The first-order chi connectivity index (χ1) is 17.1. The monoisotopic (exact) mass is 548 g/mol. The number of nitrogens with one attached hydrogen (secondary N) is 1. The number of thiophene rings is 1. The van der Waals surface area contributed by atoms with Crippen molar-refractivity contribution in [2.45, 2.75) is 52.4 Å². The third-order valence-corrected chi connectivity index (χ3v) is 7.61. The van der Waals surface area contributed by atoms with E-state index in [1.54, 1.807) is 19.1 Å². The highest BCUT2D eigenvalue weighted by Gasteiger charge is 2.22. The van der Waals surface area contributed by atoms with Crippen LogP contribution >= 0.6 is 34.7 Å². The Hall–Kier alpha value is -2.82. The minimum Gasteiger partial charge on any atom is -0.483 e. The molecule has 0 saturated heterocycles. The predicted octanol–water partition coefficient (Wildman–Crippen LogP) is 6.15. The number of benzene rings is 1. The number of hydrogen-bond donors (Lipinski definition) is 1. The number of hydrogen-bond acceptors (Lipinski definition) is 8. The van der Waals surface area contributed by atoms with E-state index in [9.17, 15) is 9.59 Å². The minimum absolute atomic E-state index is 0.0826. The second kappa shape index (κ2) is 12.4. The average molecular weight is 549 g/mol. The molecule has 8 nitrogen and oxygen atoms in total. The van der Waals surface area contributed by atoms with Crippen molar-refractivity contribution in [3.05, 3.63) is 63.3 Å². The first-order valence-corrected chi connectivity index (χ1v) is 13.5. The number of aryl methyl sites for hydroxylation is 3. The molecule has 0 radical (unpaired) electrons. The molecule has 11 heteroatoms. The summed E-state index contributed by atoms with van der Waals surface area (Å²) in [4.78, 5) is 25.8. The summed E-state index contributed by atoms with van der Waals surface area (Å²) in [5, 5.41) is 13.2.